The summed E-state index contributed by atoms with van der Waals surface area (Å²) < 4.78 is 13.2. The van der Waals surface area contributed by atoms with Crippen LogP contribution in [0.25, 0.3) is 0 Å². The number of carboxylic acid groups (broad SMARTS) is 1. The minimum atomic E-state index is -1.28. The lowest BCUT2D eigenvalue weighted by atomic mass is 10.1. The topological polar surface area (TPSA) is 79.3 Å². The number of rotatable bonds is 5. The number of carbonyl (C=O) groups excluding carboxylic acids is 1. The van der Waals surface area contributed by atoms with Gasteiger partial charge < -0.3 is 10.4 Å². The number of hydrogen-bond acceptors (Lipinski definition) is 4. The molecule has 2 aromatic rings. The lowest BCUT2D eigenvalue weighted by molar-refractivity contribution is -0.142. The van der Waals surface area contributed by atoms with Crippen LogP contribution < -0.4 is 5.32 Å². The quantitative estimate of drug-likeness (QED) is 0.886. The maximum absolute atomic E-state index is 13.2. The van der Waals surface area contributed by atoms with Gasteiger partial charge in [0.2, 0.25) is 5.91 Å². The van der Waals surface area contributed by atoms with E-state index in [0.717, 1.165) is 11.1 Å². The van der Waals surface area contributed by atoms with E-state index in [2.05, 4.69) is 10.3 Å². The molecule has 0 aliphatic heterocycles. The lowest BCUT2D eigenvalue weighted by Crippen LogP contribution is -2.34. The number of amides is 1. The minimum absolute atomic E-state index is 0.0105. The molecular formula is C14H13FN2O3S. The van der Waals surface area contributed by atoms with Crippen LogP contribution in [0.2, 0.25) is 0 Å². The molecule has 1 aromatic heterocycles. The second-order valence-corrected chi connectivity index (χ2v) is 5.49. The third-order valence-corrected chi connectivity index (χ3v) is 3.56. The van der Waals surface area contributed by atoms with Crippen molar-refractivity contribution in [2.24, 2.45) is 0 Å². The summed E-state index contributed by atoms with van der Waals surface area (Å²) in [4.78, 5) is 27.3. The molecule has 1 atom stereocenters. The van der Waals surface area contributed by atoms with Gasteiger partial charge in [-0.05, 0) is 24.6 Å². The van der Waals surface area contributed by atoms with Crippen molar-refractivity contribution < 1.29 is 19.1 Å². The second-order valence-electron chi connectivity index (χ2n) is 4.43. The Morgan fingerprint density at radius 2 is 2.24 bits per heavy atom. The molecule has 0 saturated carbocycles. The average Bonchev–Trinajstić information content (AvgIpc) is 2.81. The number of benzene rings is 1. The van der Waals surface area contributed by atoms with Crippen molar-refractivity contribution in [3.05, 3.63) is 51.7 Å². The summed E-state index contributed by atoms with van der Waals surface area (Å²) in [6.45, 7) is 1.82. The highest BCUT2D eigenvalue weighted by Gasteiger charge is 2.22. The number of thiazole rings is 1. The molecule has 0 aliphatic carbocycles. The van der Waals surface area contributed by atoms with Crippen LogP contribution in [-0.2, 0) is 16.0 Å². The van der Waals surface area contributed by atoms with Crippen LogP contribution in [0, 0.1) is 12.7 Å². The van der Waals surface area contributed by atoms with Crippen LogP contribution in [0.5, 0.6) is 0 Å². The van der Waals surface area contributed by atoms with E-state index in [-0.39, 0.29) is 12.0 Å². The number of aliphatic carboxylic acids is 1. The summed E-state index contributed by atoms with van der Waals surface area (Å²) in [7, 11) is 0. The predicted octanol–water partition coefficient (Wildman–Crippen LogP) is 2.08. The van der Waals surface area contributed by atoms with E-state index < -0.39 is 23.7 Å². The fourth-order valence-corrected chi connectivity index (χ4v) is 2.45. The van der Waals surface area contributed by atoms with Crippen molar-refractivity contribution in [1.29, 1.82) is 0 Å². The number of nitrogens with zero attached hydrogens (tertiary/aromatic N) is 1. The molecule has 0 radical (unpaired) electrons. The van der Waals surface area contributed by atoms with Gasteiger partial charge in [-0.2, -0.15) is 0 Å². The summed E-state index contributed by atoms with van der Waals surface area (Å²) in [6, 6.07) is 3.87. The molecule has 2 N–H and O–H groups in total. The minimum Gasteiger partial charge on any atom is -0.479 e. The van der Waals surface area contributed by atoms with Crippen LogP contribution in [0.1, 0.15) is 22.3 Å². The first-order chi connectivity index (χ1) is 9.95. The van der Waals surface area contributed by atoms with Gasteiger partial charge in [-0.3, -0.25) is 4.79 Å². The molecule has 1 unspecified atom stereocenters. The Labute approximate surface area is 124 Å². The Morgan fingerprint density at radius 3 is 2.81 bits per heavy atom. The summed E-state index contributed by atoms with van der Waals surface area (Å²) >= 11 is 1.41. The molecule has 110 valence electrons. The van der Waals surface area contributed by atoms with Gasteiger partial charge in [-0.25, -0.2) is 14.2 Å². The van der Waals surface area contributed by atoms with Gasteiger partial charge in [-0.1, -0.05) is 12.1 Å². The zero-order valence-corrected chi connectivity index (χ0v) is 12.0. The van der Waals surface area contributed by atoms with Gasteiger partial charge in [0.15, 0.2) is 6.04 Å². The van der Waals surface area contributed by atoms with Gasteiger partial charge in [0.25, 0.3) is 0 Å². The highest BCUT2D eigenvalue weighted by molar-refractivity contribution is 7.09. The average molecular weight is 308 g/mol. The van der Waals surface area contributed by atoms with Gasteiger partial charge in [-0.15, -0.1) is 11.3 Å². The number of hydrogen-bond donors (Lipinski definition) is 2. The summed E-state index contributed by atoms with van der Waals surface area (Å²) in [5, 5.41) is 14.1. The Morgan fingerprint density at radius 1 is 1.48 bits per heavy atom. The van der Waals surface area contributed by atoms with Crippen molar-refractivity contribution in [2.75, 3.05) is 0 Å². The highest BCUT2D eigenvalue weighted by Crippen LogP contribution is 2.15. The number of aryl methyl sites for hydroxylation is 1. The van der Waals surface area contributed by atoms with Crippen LogP contribution in [0.15, 0.2) is 29.6 Å². The molecule has 2 rings (SSSR count). The summed E-state index contributed by atoms with van der Waals surface area (Å²) in [5.74, 6) is -2.27. The number of carboxylic acids is 1. The Bertz CT molecular complexity index is 672. The van der Waals surface area contributed by atoms with Crippen LogP contribution in [0.4, 0.5) is 4.39 Å². The summed E-state index contributed by atoms with van der Waals surface area (Å²) in [6.07, 6.45) is -0.0105. The molecule has 0 bridgehead atoms. The smallest absolute Gasteiger partial charge is 0.330 e. The molecule has 5 nitrogen and oxygen atoms in total. The van der Waals surface area contributed by atoms with E-state index in [1.54, 1.807) is 5.38 Å². The second kappa shape index (κ2) is 6.45. The molecule has 0 aliphatic rings. The molecule has 0 fully saturated rings. The third-order valence-electron chi connectivity index (χ3n) is 2.74. The third kappa shape index (κ3) is 4.09. The van der Waals surface area contributed by atoms with Crippen LogP contribution in [-0.4, -0.2) is 22.0 Å². The predicted molar refractivity (Wildman–Crippen MR) is 75.5 cm³/mol. The molecule has 0 spiro atoms. The van der Waals surface area contributed by atoms with Gasteiger partial charge >= 0.3 is 5.97 Å². The monoisotopic (exact) mass is 308 g/mol. The lowest BCUT2D eigenvalue weighted by Gasteiger charge is -2.14. The fraction of sp³-hybridized carbons (Fsp3) is 0.214. The molecule has 7 heteroatoms. The molecule has 1 heterocycles. The van der Waals surface area contributed by atoms with Crippen molar-refractivity contribution >= 4 is 23.2 Å². The Kier molecular flexibility index (Phi) is 4.64. The van der Waals surface area contributed by atoms with Crippen molar-refractivity contribution in [2.45, 2.75) is 19.4 Å². The van der Waals surface area contributed by atoms with Crippen molar-refractivity contribution in [3.63, 3.8) is 0 Å². The summed E-state index contributed by atoms with van der Waals surface area (Å²) in [5.41, 5.74) is 0.767. The van der Waals surface area contributed by atoms with Crippen LogP contribution in [0.3, 0.4) is 0 Å². The first kappa shape index (κ1) is 15.1. The van der Waals surface area contributed by atoms with Crippen molar-refractivity contribution in [1.82, 2.24) is 10.3 Å². The SMILES string of the molecule is Cc1nc(CC(=O)NC(C(=O)O)c2cccc(F)c2)cs1. The van der Waals surface area contributed by atoms with E-state index in [1.807, 2.05) is 6.92 Å². The molecule has 0 saturated heterocycles. The van der Waals surface area contributed by atoms with E-state index in [1.165, 1.54) is 29.5 Å². The fourth-order valence-electron chi connectivity index (χ4n) is 1.84. The zero-order valence-electron chi connectivity index (χ0n) is 11.2. The van der Waals surface area contributed by atoms with Gasteiger partial charge in [0.1, 0.15) is 5.82 Å². The maximum Gasteiger partial charge on any atom is 0.330 e. The largest absolute Gasteiger partial charge is 0.479 e. The van der Waals surface area contributed by atoms with Gasteiger partial charge in [0.05, 0.1) is 17.1 Å². The molecule has 1 aromatic carbocycles. The number of halogens is 1. The van der Waals surface area contributed by atoms with E-state index >= 15 is 0 Å². The Balaban J connectivity index is 2.09. The molecule has 21 heavy (non-hydrogen) atoms. The number of aromatic nitrogens is 1. The van der Waals surface area contributed by atoms with Crippen molar-refractivity contribution in [3.8, 4) is 0 Å². The first-order valence-electron chi connectivity index (χ1n) is 6.14. The van der Waals surface area contributed by atoms with E-state index in [9.17, 15) is 19.1 Å². The van der Waals surface area contributed by atoms with E-state index in [0.29, 0.717) is 5.69 Å². The van der Waals surface area contributed by atoms with Crippen LogP contribution >= 0.6 is 11.3 Å². The highest BCUT2D eigenvalue weighted by atomic mass is 32.1. The number of carbonyl (C=O) groups is 2. The molecular weight excluding hydrogens is 295 g/mol. The zero-order chi connectivity index (χ0) is 15.4. The standard InChI is InChI=1S/C14H13FN2O3S/c1-8-16-11(7-21-8)6-12(18)17-13(14(19)20)9-3-2-4-10(15)5-9/h2-5,7,13H,6H2,1H3,(H,17,18)(H,19,20). The number of nitrogens with one attached hydrogen (secondary N) is 1. The molecule has 1 amide bonds. The van der Waals surface area contributed by atoms with E-state index in [4.69, 9.17) is 0 Å². The van der Waals surface area contributed by atoms with Gasteiger partial charge in [0, 0.05) is 5.38 Å². The first-order valence-corrected chi connectivity index (χ1v) is 7.02. The Hall–Kier alpha value is -2.28. The maximum atomic E-state index is 13.2. The normalized spacial score (nSPS) is 11.9.